The number of halogens is 1. The number of nitrogens with one attached hydrogen (secondary N) is 1. The number of methoxy groups -OCH3 is 1. The number of anilines is 1. The summed E-state index contributed by atoms with van der Waals surface area (Å²) in [5.41, 5.74) is 4.01. The zero-order valence-corrected chi connectivity index (χ0v) is 17.1. The molecule has 150 valence electrons. The Bertz CT molecular complexity index is 1150. The number of carbonyl (C=O) groups excluding carboxylic acids is 1. The monoisotopic (exact) mass is 417 g/mol. The lowest BCUT2D eigenvalue weighted by atomic mass is 10.1. The molecule has 0 bridgehead atoms. The van der Waals surface area contributed by atoms with E-state index in [0.717, 1.165) is 22.5 Å². The second kappa shape index (κ2) is 8.84. The summed E-state index contributed by atoms with van der Waals surface area (Å²) in [7, 11) is 1.58. The largest absolute Gasteiger partial charge is 0.495 e. The van der Waals surface area contributed by atoms with Gasteiger partial charge in [-0.2, -0.15) is 5.10 Å². The zero-order chi connectivity index (χ0) is 20.9. The van der Waals surface area contributed by atoms with E-state index in [-0.39, 0.29) is 12.3 Å². The third kappa shape index (κ3) is 4.36. The maximum Gasteiger partial charge on any atom is 0.229 e. The van der Waals surface area contributed by atoms with Crippen LogP contribution in [0.3, 0.4) is 0 Å². The Labute approximate surface area is 179 Å². The molecule has 0 radical (unpaired) electrons. The number of hydrogen-bond donors (Lipinski definition) is 1. The molecule has 0 fully saturated rings. The molecule has 1 N–H and O–H groups in total. The van der Waals surface area contributed by atoms with E-state index in [1.54, 1.807) is 11.8 Å². The van der Waals surface area contributed by atoms with Gasteiger partial charge in [-0.3, -0.25) is 4.79 Å². The predicted molar refractivity (Wildman–Crippen MR) is 119 cm³/mol. The summed E-state index contributed by atoms with van der Waals surface area (Å²) in [4.78, 5) is 12.8. The fraction of sp³-hybridized carbons (Fsp3) is 0.0833. The van der Waals surface area contributed by atoms with Crippen molar-refractivity contribution in [2.75, 3.05) is 12.4 Å². The van der Waals surface area contributed by atoms with Gasteiger partial charge in [0.2, 0.25) is 5.91 Å². The number of hydrogen-bond acceptors (Lipinski definition) is 3. The molecule has 1 amide bonds. The highest BCUT2D eigenvalue weighted by atomic mass is 35.5. The SMILES string of the molecule is COc1ccccc1NC(=O)Cc1cn(-c2ccccc2)nc1-c1ccc(Cl)cc1. The first-order valence-electron chi connectivity index (χ1n) is 9.47. The van der Waals surface area contributed by atoms with Crippen LogP contribution in [0.4, 0.5) is 5.69 Å². The summed E-state index contributed by atoms with van der Waals surface area (Å²) in [6.07, 6.45) is 2.06. The fourth-order valence-corrected chi connectivity index (χ4v) is 3.34. The Morgan fingerprint density at radius 3 is 2.43 bits per heavy atom. The first-order chi connectivity index (χ1) is 14.6. The van der Waals surface area contributed by atoms with Crippen molar-refractivity contribution in [1.82, 2.24) is 9.78 Å². The number of nitrogens with zero attached hydrogens (tertiary/aromatic N) is 2. The van der Waals surface area contributed by atoms with Crippen LogP contribution in [-0.2, 0) is 11.2 Å². The van der Waals surface area contributed by atoms with Crippen LogP contribution < -0.4 is 10.1 Å². The smallest absolute Gasteiger partial charge is 0.229 e. The molecule has 4 rings (SSSR count). The van der Waals surface area contributed by atoms with Crippen molar-refractivity contribution in [3.8, 4) is 22.7 Å². The minimum Gasteiger partial charge on any atom is -0.495 e. The zero-order valence-electron chi connectivity index (χ0n) is 16.4. The quantitative estimate of drug-likeness (QED) is 0.458. The van der Waals surface area contributed by atoms with Gasteiger partial charge in [0.1, 0.15) is 5.75 Å². The first-order valence-corrected chi connectivity index (χ1v) is 9.84. The minimum atomic E-state index is -0.151. The maximum atomic E-state index is 12.8. The number of benzene rings is 3. The minimum absolute atomic E-state index is 0.151. The topological polar surface area (TPSA) is 56.1 Å². The Morgan fingerprint density at radius 1 is 1.00 bits per heavy atom. The molecule has 1 aromatic heterocycles. The Morgan fingerprint density at radius 2 is 1.70 bits per heavy atom. The molecular weight excluding hydrogens is 398 g/mol. The fourth-order valence-electron chi connectivity index (χ4n) is 3.22. The van der Waals surface area contributed by atoms with E-state index >= 15 is 0 Å². The second-order valence-corrected chi connectivity index (χ2v) is 7.15. The predicted octanol–water partition coefficient (Wildman–Crippen LogP) is 5.38. The Hall–Kier alpha value is -3.57. The molecule has 0 aliphatic rings. The molecule has 0 aliphatic carbocycles. The van der Waals surface area contributed by atoms with Crippen LogP contribution in [0.2, 0.25) is 5.02 Å². The van der Waals surface area contributed by atoms with Crippen LogP contribution in [0.1, 0.15) is 5.56 Å². The van der Waals surface area contributed by atoms with Gasteiger partial charge in [-0.15, -0.1) is 0 Å². The lowest BCUT2D eigenvalue weighted by molar-refractivity contribution is -0.115. The molecular formula is C24H20ClN3O2. The van der Waals surface area contributed by atoms with Gasteiger partial charge in [-0.05, 0) is 36.4 Å². The van der Waals surface area contributed by atoms with E-state index < -0.39 is 0 Å². The maximum absolute atomic E-state index is 12.8. The molecule has 0 unspecified atom stereocenters. The average Bonchev–Trinajstić information content (AvgIpc) is 3.19. The van der Waals surface area contributed by atoms with Gasteiger partial charge in [-0.1, -0.05) is 54.1 Å². The van der Waals surface area contributed by atoms with Gasteiger partial charge < -0.3 is 10.1 Å². The van der Waals surface area contributed by atoms with Crippen molar-refractivity contribution < 1.29 is 9.53 Å². The van der Waals surface area contributed by atoms with E-state index in [9.17, 15) is 4.79 Å². The Kier molecular flexibility index (Phi) is 5.82. The van der Waals surface area contributed by atoms with Crippen LogP contribution in [-0.4, -0.2) is 22.8 Å². The van der Waals surface area contributed by atoms with Gasteiger partial charge in [-0.25, -0.2) is 4.68 Å². The molecule has 6 heteroatoms. The number of amides is 1. The van der Waals surface area contributed by atoms with Gasteiger partial charge >= 0.3 is 0 Å². The summed E-state index contributed by atoms with van der Waals surface area (Å²) in [6.45, 7) is 0. The van der Waals surface area contributed by atoms with Crippen molar-refractivity contribution >= 4 is 23.2 Å². The summed E-state index contributed by atoms with van der Waals surface area (Å²) < 4.78 is 7.11. The van der Waals surface area contributed by atoms with Crippen LogP contribution in [0.5, 0.6) is 5.75 Å². The van der Waals surface area contributed by atoms with Crippen molar-refractivity contribution in [1.29, 1.82) is 0 Å². The van der Waals surface area contributed by atoms with Gasteiger partial charge in [0.15, 0.2) is 0 Å². The second-order valence-electron chi connectivity index (χ2n) is 6.72. The molecule has 0 atom stereocenters. The van der Waals surface area contributed by atoms with Crippen molar-refractivity contribution in [3.05, 3.63) is 95.6 Å². The van der Waals surface area contributed by atoms with Crippen molar-refractivity contribution in [2.45, 2.75) is 6.42 Å². The molecule has 0 saturated carbocycles. The van der Waals surface area contributed by atoms with E-state index in [1.165, 1.54) is 0 Å². The highest BCUT2D eigenvalue weighted by molar-refractivity contribution is 6.30. The Balaban J connectivity index is 1.66. The third-order valence-corrected chi connectivity index (χ3v) is 4.91. The molecule has 4 aromatic rings. The molecule has 0 aliphatic heterocycles. The van der Waals surface area contributed by atoms with Crippen LogP contribution in [0.25, 0.3) is 16.9 Å². The standard InChI is InChI=1S/C24H20ClN3O2/c1-30-22-10-6-5-9-21(22)26-23(29)15-18-16-28(20-7-3-2-4-8-20)27-24(18)17-11-13-19(25)14-12-17/h2-14,16H,15H2,1H3,(H,26,29). The summed E-state index contributed by atoms with van der Waals surface area (Å²) in [5.74, 6) is 0.464. The number of carbonyl (C=O) groups is 1. The van der Waals surface area contributed by atoms with Crippen molar-refractivity contribution in [2.24, 2.45) is 0 Å². The van der Waals surface area contributed by atoms with E-state index in [1.807, 2.05) is 85.1 Å². The highest BCUT2D eigenvalue weighted by Crippen LogP contribution is 2.27. The van der Waals surface area contributed by atoms with Crippen LogP contribution >= 0.6 is 11.6 Å². The molecule has 3 aromatic carbocycles. The normalized spacial score (nSPS) is 10.6. The number of rotatable bonds is 6. The van der Waals surface area contributed by atoms with E-state index in [0.29, 0.717) is 16.5 Å². The van der Waals surface area contributed by atoms with E-state index in [4.69, 9.17) is 21.4 Å². The molecule has 30 heavy (non-hydrogen) atoms. The van der Waals surface area contributed by atoms with Gasteiger partial charge in [0.05, 0.1) is 30.6 Å². The lowest BCUT2D eigenvalue weighted by Gasteiger charge is -2.09. The summed E-state index contributed by atoms with van der Waals surface area (Å²) >= 11 is 6.04. The van der Waals surface area contributed by atoms with Gasteiger partial charge in [0, 0.05) is 22.3 Å². The number of para-hydroxylation sites is 3. The molecule has 5 nitrogen and oxygen atoms in total. The van der Waals surface area contributed by atoms with Gasteiger partial charge in [0.25, 0.3) is 0 Å². The van der Waals surface area contributed by atoms with Crippen LogP contribution in [0, 0.1) is 0 Å². The number of aromatic nitrogens is 2. The third-order valence-electron chi connectivity index (χ3n) is 4.66. The summed E-state index contributed by atoms with van der Waals surface area (Å²) in [6, 6.07) is 24.6. The average molecular weight is 418 g/mol. The number of ether oxygens (including phenoxy) is 1. The summed E-state index contributed by atoms with van der Waals surface area (Å²) in [5, 5.41) is 8.32. The molecule has 0 spiro atoms. The van der Waals surface area contributed by atoms with Crippen LogP contribution in [0.15, 0.2) is 85.1 Å². The van der Waals surface area contributed by atoms with Crippen molar-refractivity contribution in [3.63, 3.8) is 0 Å². The van der Waals surface area contributed by atoms with E-state index in [2.05, 4.69) is 5.32 Å². The molecule has 0 saturated heterocycles. The lowest BCUT2D eigenvalue weighted by Crippen LogP contribution is -2.15. The highest BCUT2D eigenvalue weighted by Gasteiger charge is 2.16. The molecule has 1 heterocycles. The first kappa shape index (κ1) is 19.7.